The van der Waals surface area contributed by atoms with Crippen molar-refractivity contribution in [2.24, 2.45) is 0 Å². The van der Waals surface area contributed by atoms with Crippen LogP contribution in [-0.4, -0.2) is 22.2 Å². The highest BCUT2D eigenvalue weighted by molar-refractivity contribution is 6.01. The van der Waals surface area contributed by atoms with Gasteiger partial charge in [0, 0.05) is 5.56 Å². The lowest BCUT2D eigenvalue weighted by molar-refractivity contribution is 0.0651. The number of hydrogen-bond donors (Lipinski definition) is 2. The summed E-state index contributed by atoms with van der Waals surface area (Å²) in [4.78, 5) is 21.5. The van der Waals surface area contributed by atoms with Crippen LogP contribution in [0.1, 0.15) is 33.2 Å². The van der Waals surface area contributed by atoms with E-state index in [0.717, 1.165) is 0 Å². The Kier molecular flexibility index (Phi) is 3.09. The third kappa shape index (κ3) is 2.35. The van der Waals surface area contributed by atoms with E-state index in [4.69, 9.17) is 10.2 Å². The van der Waals surface area contributed by atoms with Crippen molar-refractivity contribution in [3.05, 3.63) is 34.9 Å². The molecule has 76 valence electrons. The molecule has 1 rings (SSSR count). The first-order chi connectivity index (χ1) is 7.06. The molecular formula is C11H8O4. The molecule has 0 fully saturated rings. The molecule has 0 aliphatic heterocycles. The van der Waals surface area contributed by atoms with Gasteiger partial charge in [-0.2, -0.15) is 0 Å². The van der Waals surface area contributed by atoms with Gasteiger partial charge in [-0.3, -0.25) is 0 Å². The Bertz CT molecular complexity index is 477. The minimum Gasteiger partial charge on any atom is -0.478 e. The summed E-state index contributed by atoms with van der Waals surface area (Å²) in [6, 6.07) is 3.97. The highest BCUT2D eigenvalue weighted by Crippen LogP contribution is 2.11. The standard InChI is InChI=1S/C11H8O4/c1-2-3-7-4-5-8(10(12)13)9(6-7)11(14)15/h4-6H,1H3,(H,12,13)(H,14,15). The molecule has 1 aromatic carbocycles. The van der Waals surface area contributed by atoms with E-state index in [1.807, 2.05) is 0 Å². The van der Waals surface area contributed by atoms with Gasteiger partial charge >= 0.3 is 11.9 Å². The largest absolute Gasteiger partial charge is 0.478 e. The van der Waals surface area contributed by atoms with Crippen LogP contribution in [0, 0.1) is 11.8 Å². The van der Waals surface area contributed by atoms with Gasteiger partial charge in [0.15, 0.2) is 0 Å². The van der Waals surface area contributed by atoms with Gasteiger partial charge in [-0.15, -0.1) is 5.92 Å². The molecule has 0 aliphatic carbocycles. The zero-order valence-electron chi connectivity index (χ0n) is 7.94. The fraction of sp³-hybridized carbons (Fsp3) is 0.0909. The Labute approximate surface area is 86.2 Å². The predicted molar refractivity (Wildman–Crippen MR) is 52.9 cm³/mol. The van der Waals surface area contributed by atoms with Gasteiger partial charge in [-0.05, 0) is 25.1 Å². The first-order valence-electron chi connectivity index (χ1n) is 4.09. The van der Waals surface area contributed by atoms with Gasteiger partial charge in [-0.25, -0.2) is 9.59 Å². The van der Waals surface area contributed by atoms with Crippen molar-refractivity contribution in [2.45, 2.75) is 6.92 Å². The second-order valence-corrected chi connectivity index (χ2v) is 2.75. The first-order valence-corrected chi connectivity index (χ1v) is 4.09. The molecule has 4 heteroatoms. The van der Waals surface area contributed by atoms with Gasteiger partial charge in [0.05, 0.1) is 11.1 Å². The molecule has 1 aromatic rings. The summed E-state index contributed by atoms with van der Waals surface area (Å²) < 4.78 is 0. The monoisotopic (exact) mass is 204 g/mol. The van der Waals surface area contributed by atoms with Gasteiger partial charge in [-0.1, -0.05) is 5.92 Å². The number of aromatic carboxylic acids is 2. The SMILES string of the molecule is CC#Cc1ccc(C(=O)O)c(C(=O)O)c1. The highest BCUT2D eigenvalue weighted by atomic mass is 16.4. The lowest BCUT2D eigenvalue weighted by atomic mass is 10.0. The van der Waals surface area contributed by atoms with E-state index in [2.05, 4.69) is 11.8 Å². The maximum Gasteiger partial charge on any atom is 0.336 e. The smallest absolute Gasteiger partial charge is 0.336 e. The minimum absolute atomic E-state index is 0.232. The Morgan fingerprint density at radius 2 is 1.73 bits per heavy atom. The molecule has 15 heavy (non-hydrogen) atoms. The molecule has 0 atom stereocenters. The number of rotatable bonds is 2. The van der Waals surface area contributed by atoms with Crippen molar-refractivity contribution >= 4 is 11.9 Å². The van der Waals surface area contributed by atoms with E-state index in [1.54, 1.807) is 6.92 Å². The van der Waals surface area contributed by atoms with Crippen LogP contribution in [0.4, 0.5) is 0 Å². The topological polar surface area (TPSA) is 74.6 Å². The van der Waals surface area contributed by atoms with Crippen molar-refractivity contribution in [1.29, 1.82) is 0 Å². The number of benzene rings is 1. The summed E-state index contributed by atoms with van der Waals surface area (Å²) in [5, 5.41) is 17.5. The Morgan fingerprint density at radius 3 is 2.20 bits per heavy atom. The molecule has 0 saturated carbocycles. The van der Waals surface area contributed by atoms with Crippen molar-refractivity contribution in [2.75, 3.05) is 0 Å². The van der Waals surface area contributed by atoms with E-state index in [9.17, 15) is 9.59 Å². The number of carboxylic acids is 2. The molecular weight excluding hydrogens is 196 g/mol. The maximum absolute atomic E-state index is 10.8. The zero-order valence-corrected chi connectivity index (χ0v) is 7.94. The predicted octanol–water partition coefficient (Wildman–Crippen LogP) is 1.45. The fourth-order valence-electron chi connectivity index (χ4n) is 1.13. The van der Waals surface area contributed by atoms with E-state index < -0.39 is 11.9 Å². The van der Waals surface area contributed by atoms with Crippen LogP contribution in [0.2, 0.25) is 0 Å². The van der Waals surface area contributed by atoms with Crippen LogP contribution in [0.25, 0.3) is 0 Å². The quantitative estimate of drug-likeness (QED) is 0.715. The maximum atomic E-state index is 10.8. The fourth-order valence-corrected chi connectivity index (χ4v) is 1.13. The third-order valence-corrected chi connectivity index (χ3v) is 1.75. The number of hydrogen-bond acceptors (Lipinski definition) is 2. The van der Waals surface area contributed by atoms with Crippen molar-refractivity contribution < 1.29 is 19.8 Å². The first kappa shape index (κ1) is 10.8. The number of carboxylic acid groups (broad SMARTS) is 2. The van der Waals surface area contributed by atoms with E-state index in [1.165, 1.54) is 18.2 Å². The summed E-state index contributed by atoms with van der Waals surface area (Å²) in [5.41, 5.74) is 0.00630. The van der Waals surface area contributed by atoms with Crippen molar-refractivity contribution in [1.82, 2.24) is 0 Å². The summed E-state index contributed by atoms with van der Waals surface area (Å²) in [7, 11) is 0. The third-order valence-electron chi connectivity index (χ3n) is 1.75. The van der Waals surface area contributed by atoms with E-state index in [-0.39, 0.29) is 11.1 Å². The van der Waals surface area contributed by atoms with Gasteiger partial charge in [0.2, 0.25) is 0 Å². The molecule has 0 aromatic heterocycles. The zero-order chi connectivity index (χ0) is 11.4. The second-order valence-electron chi connectivity index (χ2n) is 2.75. The molecule has 0 amide bonds. The molecule has 0 bridgehead atoms. The summed E-state index contributed by atoms with van der Waals surface area (Å²) >= 11 is 0. The Morgan fingerprint density at radius 1 is 1.13 bits per heavy atom. The Hall–Kier alpha value is -2.28. The average molecular weight is 204 g/mol. The minimum atomic E-state index is -1.27. The molecule has 0 unspecified atom stereocenters. The summed E-state index contributed by atoms with van der Waals surface area (Å²) in [5.74, 6) is 2.74. The summed E-state index contributed by atoms with van der Waals surface area (Å²) in [6.45, 7) is 1.62. The van der Waals surface area contributed by atoms with Gasteiger partial charge < -0.3 is 10.2 Å². The molecule has 0 heterocycles. The lowest BCUT2D eigenvalue weighted by Gasteiger charge is -2.01. The second kappa shape index (κ2) is 4.29. The molecule has 0 aliphatic rings. The van der Waals surface area contributed by atoms with E-state index >= 15 is 0 Å². The van der Waals surface area contributed by atoms with Gasteiger partial charge in [0.1, 0.15) is 0 Å². The molecule has 0 radical (unpaired) electrons. The van der Waals surface area contributed by atoms with Crippen LogP contribution in [0.3, 0.4) is 0 Å². The van der Waals surface area contributed by atoms with Crippen LogP contribution >= 0.6 is 0 Å². The van der Waals surface area contributed by atoms with Crippen molar-refractivity contribution in [3.8, 4) is 11.8 Å². The molecule has 2 N–H and O–H groups in total. The normalized spacial score (nSPS) is 8.87. The van der Waals surface area contributed by atoms with Crippen LogP contribution in [0.5, 0.6) is 0 Å². The average Bonchev–Trinajstić information content (AvgIpc) is 2.17. The molecule has 0 saturated heterocycles. The van der Waals surface area contributed by atoms with E-state index in [0.29, 0.717) is 5.56 Å². The molecule has 4 nitrogen and oxygen atoms in total. The number of carbonyl (C=O) groups is 2. The van der Waals surface area contributed by atoms with Crippen LogP contribution < -0.4 is 0 Å². The van der Waals surface area contributed by atoms with Gasteiger partial charge in [0.25, 0.3) is 0 Å². The Balaban J connectivity index is 3.37. The highest BCUT2D eigenvalue weighted by Gasteiger charge is 2.15. The molecule has 0 spiro atoms. The summed E-state index contributed by atoms with van der Waals surface area (Å²) in [6.07, 6.45) is 0. The van der Waals surface area contributed by atoms with Crippen molar-refractivity contribution in [3.63, 3.8) is 0 Å². The van der Waals surface area contributed by atoms with Crippen LogP contribution in [-0.2, 0) is 0 Å². The van der Waals surface area contributed by atoms with Crippen LogP contribution in [0.15, 0.2) is 18.2 Å². The lowest BCUT2D eigenvalue weighted by Crippen LogP contribution is -2.08.